The molecule has 0 bridgehead atoms. The summed E-state index contributed by atoms with van der Waals surface area (Å²) >= 11 is 11.6. The number of halogens is 2. The molecule has 132 valence electrons. The highest BCUT2D eigenvalue weighted by atomic mass is 35.5. The normalized spacial score (nSPS) is 10.2. The fourth-order valence-corrected chi connectivity index (χ4v) is 2.19. The van der Waals surface area contributed by atoms with Gasteiger partial charge in [0, 0.05) is 19.2 Å². The first-order valence-electron chi connectivity index (χ1n) is 7.38. The molecule has 0 unspecified atom stereocenters. The SMILES string of the molecule is O=C(COc1ccc(Cl)c(Cl)c1)NCCNC(=O)c1ccccc1O. The number of carbonyl (C=O) groups is 2. The lowest BCUT2D eigenvalue weighted by Gasteiger charge is -2.09. The molecule has 2 aromatic carbocycles. The van der Waals surface area contributed by atoms with Crippen LogP contribution < -0.4 is 15.4 Å². The molecule has 0 saturated carbocycles. The summed E-state index contributed by atoms with van der Waals surface area (Å²) < 4.78 is 5.29. The van der Waals surface area contributed by atoms with Gasteiger partial charge in [-0.15, -0.1) is 0 Å². The van der Waals surface area contributed by atoms with Crippen LogP contribution in [0.3, 0.4) is 0 Å². The minimum absolute atomic E-state index is 0.0981. The van der Waals surface area contributed by atoms with Gasteiger partial charge in [0.15, 0.2) is 6.61 Å². The molecule has 2 amide bonds. The van der Waals surface area contributed by atoms with E-state index in [9.17, 15) is 14.7 Å². The Balaban J connectivity index is 1.67. The van der Waals surface area contributed by atoms with Crippen LogP contribution in [-0.4, -0.2) is 36.6 Å². The van der Waals surface area contributed by atoms with Crippen molar-refractivity contribution in [2.45, 2.75) is 0 Å². The summed E-state index contributed by atoms with van der Waals surface area (Å²) in [6.07, 6.45) is 0. The molecule has 0 radical (unpaired) electrons. The van der Waals surface area contributed by atoms with Gasteiger partial charge in [-0.25, -0.2) is 0 Å². The number of para-hydroxylation sites is 1. The van der Waals surface area contributed by atoms with Crippen molar-refractivity contribution < 1.29 is 19.4 Å². The van der Waals surface area contributed by atoms with E-state index >= 15 is 0 Å². The Morgan fingerprint density at radius 1 is 1.00 bits per heavy atom. The number of aromatic hydroxyl groups is 1. The molecule has 2 rings (SSSR count). The van der Waals surface area contributed by atoms with Gasteiger partial charge in [-0.1, -0.05) is 35.3 Å². The number of phenols is 1. The highest BCUT2D eigenvalue weighted by Crippen LogP contribution is 2.26. The molecule has 0 aliphatic carbocycles. The summed E-state index contributed by atoms with van der Waals surface area (Å²) in [7, 11) is 0. The van der Waals surface area contributed by atoms with Crippen molar-refractivity contribution >= 4 is 35.0 Å². The highest BCUT2D eigenvalue weighted by molar-refractivity contribution is 6.42. The first-order valence-corrected chi connectivity index (χ1v) is 8.13. The standard InChI is InChI=1S/C17H16Cl2N2O4/c18-13-6-5-11(9-14(13)19)25-10-16(23)20-7-8-21-17(24)12-3-1-2-4-15(12)22/h1-6,9,22H,7-8,10H2,(H,20,23)(H,21,24). The largest absolute Gasteiger partial charge is 0.507 e. The number of carbonyl (C=O) groups excluding carboxylic acids is 2. The molecule has 0 fully saturated rings. The maximum absolute atomic E-state index is 11.8. The zero-order valence-corrected chi connectivity index (χ0v) is 14.6. The lowest BCUT2D eigenvalue weighted by molar-refractivity contribution is -0.123. The maximum atomic E-state index is 11.8. The van der Waals surface area contributed by atoms with Gasteiger partial charge < -0.3 is 20.5 Å². The average Bonchev–Trinajstić information content (AvgIpc) is 2.60. The van der Waals surface area contributed by atoms with Crippen molar-refractivity contribution in [3.05, 3.63) is 58.1 Å². The fraction of sp³-hybridized carbons (Fsp3) is 0.176. The molecular weight excluding hydrogens is 367 g/mol. The summed E-state index contributed by atoms with van der Waals surface area (Å²) in [6.45, 7) is 0.250. The molecule has 0 atom stereocenters. The van der Waals surface area contributed by atoms with Crippen molar-refractivity contribution in [2.24, 2.45) is 0 Å². The predicted molar refractivity (Wildman–Crippen MR) is 95.4 cm³/mol. The predicted octanol–water partition coefficient (Wildman–Crippen LogP) is 2.62. The summed E-state index contributed by atoms with van der Waals surface area (Å²) in [4.78, 5) is 23.5. The number of hydrogen-bond acceptors (Lipinski definition) is 4. The third kappa shape index (κ3) is 5.85. The number of ether oxygens (including phenoxy) is 1. The third-order valence-electron chi connectivity index (χ3n) is 3.14. The zero-order valence-electron chi connectivity index (χ0n) is 13.1. The van der Waals surface area contributed by atoms with E-state index in [1.165, 1.54) is 18.2 Å². The summed E-state index contributed by atoms with van der Waals surface area (Å²) in [6, 6.07) is 10.9. The zero-order chi connectivity index (χ0) is 18.2. The first kappa shape index (κ1) is 18.9. The minimum atomic E-state index is -0.417. The van der Waals surface area contributed by atoms with E-state index in [2.05, 4.69) is 10.6 Å². The van der Waals surface area contributed by atoms with Crippen LogP contribution >= 0.6 is 23.2 Å². The van der Waals surface area contributed by atoms with Crippen LogP contribution in [0.1, 0.15) is 10.4 Å². The van der Waals surface area contributed by atoms with Gasteiger partial charge in [-0.2, -0.15) is 0 Å². The number of phenolic OH excluding ortho intramolecular Hbond substituents is 1. The molecule has 0 spiro atoms. The van der Waals surface area contributed by atoms with E-state index in [0.717, 1.165) is 0 Å². The van der Waals surface area contributed by atoms with Gasteiger partial charge >= 0.3 is 0 Å². The van der Waals surface area contributed by atoms with E-state index in [1.54, 1.807) is 24.3 Å². The van der Waals surface area contributed by atoms with E-state index in [1.807, 2.05) is 0 Å². The summed E-state index contributed by atoms with van der Waals surface area (Å²) in [5.41, 5.74) is 0.178. The van der Waals surface area contributed by atoms with Gasteiger partial charge in [-0.05, 0) is 24.3 Å². The van der Waals surface area contributed by atoms with Crippen molar-refractivity contribution in [1.82, 2.24) is 10.6 Å². The minimum Gasteiger partial charge on any atom is -0.507 e. The average molecular weight is 383 g/mol. The molecule has 2 aromatic rings. The second-order valence-corrected chi connectivity index (χ2v) is 5.80. The third-order valence-corrected chi connectivity index (χ3v) is 3.88. The van der Waals surface area contributed by atoms with Gasteiger partial charge in [-0.3, -0.25) is 9.59 Å². The Morgan fingerprint density at radius 2 is 1.72 bits per heavy atom. The van der Waals surface area contributed by atoms with Crippen LogP contribution in [-0.2, 0) is 4.79 Å². The monoisotopic (exact) mass is 382 g/mol. The van der Waals surface area contributed by atoms with Gasteiger partial charge in [0.1, 0.15) is 11.5 Å². The Labute approximate surface area is 154 Å². The van der Waals surface area contributed by atoms with Crippen molar-refractivity contribution in [3.8, 4) is 11.5 Å². The number of amides is 2. The van der Waals surface area contributed by atoms with Gasteiger partial charge in [0.05, 0.1) is 15.6 Å². The fourth-order valence-electron chi connectivity index (χ4n) is 1.91. The van der Waals surface area contributed by atoms with Gasteiger partial charge in [0.25, 0.3) is 11.8 Å². The molecule has 6 nitrogen and oxygen atoms in total. The molecule has 0 aromatic heterocycles. The molecule has 0 aliphatic heterocycles. The first-order chi connectivity index (χ1) is 12.0. The Bertz CT molecular complexity index is 768. The van der Waals surface area contributed by atoms with Crippen LogP contribution in [0, 0.1) is 0 Å². The lowest BCUT2D eigenvalue weighted by Crippen LogP contribution is -2.36. The Kier molecular flexibility index (Phi) is 6.91. The molecule has 0 saturated heterocycles. The van der Waals surface area contributed by atoms with Crippen LogP contribution in [0.15, 0.2) is 42.5 Å². The quantitative estimate of drug-likeness (QED) is 0.642. The van der Waals surface area contributed by atoms with Crippen LogP contribution in [0.4, 0.5) is 0 Å². The highest BCUT2D eigenvalue weighted by Gasteiger charge is 2.09. The number of nitrogens with one attached hydrogen (secondary N) is 2. The van der Waals surface area contributed by atoms with Crippen LogP contribution in [0.5, 0.6) is 11.5 Å². The van der Waals surface area contributed by atoms with Gasteiger partial charge in [0.2, 0.25) is 0 Å². The van der Waals surface area contributed by atoms with E-state index in [4.69, 9.17) is 27.9 Å². The Morgan fingerprint density at radius 3 is 2.44 bits per heavy atom. The van der Waals surface area contributed by atoms with Crippen molar-refractivity contribution in [3.63, 3.8) is 0 Å². The van der Waals surface area contributed by atoms with Crippen LogP contribution in [0.2, 0.25) is 10.0 Å². The molecule has 3 N–H and O–H groups in total. The molecule has 0 heterocycles. The summed E-state index contributed by atoms with van der Waals surface area (Å²) in [5.74, 6) is -0.432. The van der Waals surface area contributed by atoms with Crippen molar-refractivity contribution in [1.29, 1.82) is 0 Å². The van der Waals surface area contributed by atoms with E-state index in [-0.39, 0.29) is 36.9 Å². The Hall–Kier alpha value is -2.44. The van der Waals surface area contributed by atoms with E-state index < -0.39 is 5.91 Å². The maximum Gasteiger partial charge on any atom is 0.258 e. The second kappa shape index (κ2) is 9.15. The van der Waals surface area contributed by atoms with E-state index in [0.29, 0.717) is 15.8 Å². The topological polar surface area (TPSA) is 87.7 Å². The number of benzene rings is 2. The lowest BCUT2D eigenvalue weighted by atomic mass is 10.2. The molecular formula is C17H16Cl2N2O4. The number of hydrogen-bond donors (Lipinski definition) is 3. The van der Waals surface area contributed by atoms with Crippen LogP contribution in [0.25, 0.3) is 0 Å². The number of rotatable bonds is 7. The molecule has 25 heavy (non-hydrogen) atoms. The molecule has 0 aliphatic rings. The smallest absolute Gasteiger partial charge is 0.258 e. The van der Waals surface area contributed by atoms with Crippen molar-refractivity contribution in [2.75, 3.05) is 19.7 Å². The molecule has 8 heteroatoms. The second-order valence-electron chi connectivity index (χ2n) is 4.99. The summed E-state index contributed by atoms with van der Waals surface area (Å²) in [5, 5.41) is 15.5.